The molecule has 0 aliphatic carbocycles. The summed E-state index contributed by atoms with van der Waals surface area (Å²) in [6, 6.07) is 8.77. The van der Waals surface area contributed by atoms with Gasteiger partial charge >= 0.3 is 5.97 Å². The minimum Gasteiger partial charge on any atom is -0.481 e. The maximum absolute atomic E-state index is 10.7. The van der Waals surface area contributed by atoms with Gasteiger partial charge in [-0.1, -0.05) is 18.2 Å². The zero-order valence-corrected chi connectivity index (χ0v) is 10.9. The summed E-state index contributed by atoms with van der Waals surface area (Å²) in [5.41, 5.74) is 2.55. The second-order valence-corrected chi connectivity index (χ2v) is 5.06. The van der Waals surface area contributed by atoms with Crippen LogP contribution >= 0.6 is 0 Å². The van der Waals surface area contributed by atoms with Crippen LogP contribution in [0.15, 0.2) is 24.3 Å². The summed E-state index contributed by atoms with van der Waals surface area (Å²) in [5, 5.41) is 8.84. The van der Waals surface area contributed by atoms with Crippen molar-refractivity contribution in [2.24, 2.45) is 0 Å². The van der Waals surface area contributed by atoms with Crippen LogP contribution in [0, 0.1) is 6.92 Å². The number of aryl methyl sites for hydroxylation is 1. The third kappa shape index (κ3) is 3.03. The van der Waals surface area contributed by atoms with Crippen molar-refractivity contribution in [3.8, 4) is 0 Å². The summed E-state index contributed by atoms with van der Waals surface area (Å²) in [5.74, 6) is -0.690. The topological polar surface area (TPSA) is 40.5 Å². The Balaban J connectivity index is 2.12. The molecule has 1 unspecified atom stereocenters. The fourth-order valence-electron chi connectivity index (χ4n) is 2.79. The van der Waals surface area contributed by atoms with Gasteiger partial charge in [0.15, 0.2) is 0 Å². The summed E-state index contributed by atoms with van der Waals surface area (Å²) in [6.45, 7) is 3.17. The largest absolute Gasteiger partial charge is 0.481 e. The van der Waals surface area contributed by atoms with Gasteiger partial charge in [0.1, 0.15) is 0 Å². The molecule has 0 amide bonds. The number of aliphatic carboxylic acids is 1. The molecule has 3 nitrogen and oxygen atoms in total. The lowest BCUT2D eigenvalue weighted by Crippen LogP contribution is -2.40. The van der Waals surface area contributed by atoms with E-state index in [1.165, 1.54) is 24.1 Å². The van der Waals surface area contributed by atoms with E-state index in [0.717, 1.165) is 19.4 Å². The lowest BCUT2D eigenvalue weighted by Gasteiger charge is -2.38. The molecule has 0 spiro atoms. The van der Waals surface area contributed by atoms with E-state index in [4.69, 9.17) is 5.11 Å². The number of carbonyl (C=O) groups is 1. The first kappa shape index (κ1) is 12.9. The van der Waals surface area contributed by atoms with Crippen LogP contribution in [0.25, 0.3) is 0 Å². The first-order valence-electron chi connectivity index (χ1n) is 6.72. The molecule has 1 heterocycles. The van der Waals surface area contributed by atoms with Crippen molar-refractivity contribution in [1.29, 1.82) is 0 Å². The maximum atomic E-state index is 10.7. The van der Waals surface area contributed by atoms with Crippen molar-refractivity contribution < 1.29 is 9.90 Å². The zero-order valence-electron chi connectivity index (χ0n) is 10.9. The first-order chi connectivity index (χ1) is 8.68. The molecule has 1 aromatic rings. The van der Waals surface area contributed by atoms with Crippen LogP contribution in [-0.4, -0.2) is 23.7 Å². The molecule has 3 heteroatoms. The van der Waals surface area contributed by atoms with Gasteiger partial charge in [-0.3, -0.25) is 4.79 Å². The lowest BCUT2D eigenvalue weighted by atomic mass is 9.96. The van der Waals surface area contributed by atoms with Gasteiger partial charge in [-0.05, 0) is 44.2 Å². The first-order valence-corrected chi connectivity index (χ1v) is 6.72. The Morgan fingerprint density at radius 2 is 2.17 bits per heavy atom. The molecule has 2 rings (SSSR count). The van der Waals surface area contributed by atoms with Crippen LogP contribution in [-0.2, 0) is 4.79 Å². The standard InChI is InChI=1S/C15H21NO2/c1-12-6-2-3-8-14(12)16-11-5-4-7-13(16)9-10-15(17)18/h2-3,6,8,13H,4-5,7,9-11H2,1H3,(H,17,18). The number of benzene rings is 1. The normalized spacial score (nSPS) is 19.8. The number of rotatable bonds is 4. The second kappa shape index (κ2) is 5.89. The minimum atomic E-state index is -0.690. The average Bonchev–Trinajstić information content (AvgIpc) is 2.37. The summed E-state index contributed by atoms with van der Waals surface area (Å²) in [4.78, 5) is 13.1. The summed E-state index contributed by atoms with van der Waals surface area (Å²) in [6.07, 6.45) is 4.56. The monoisotopic (exact) mass is 247 g/mol. The molecular formula is C15H21NO2. The number of para-hydroxylation sites is 1. The Morgan fingerprint density at radius 1 is 1.39 bits per heavy atom. The van der Waals surface area contributed by atoms with Crippen molar-refractivity contribution in [3.63, 3.8) is 0 Å². The Morgan fingerprint density at radius 3 is 2.89 bits per heavy atom. The Labute approximate surface area is 108 Å². The van der Waals surface area contributed by atoms with E-state index in [2.05, 4.69) is 36.1 Å². The van der Waals surface area contributed by atoms with Gasteiger partial charge in [-0.2, -0.15) is 0 Å². The van der Waals surface area contributed by atoms with Gasteiger partial charge in [-0.25, -0.2) is 0 Å². The van der Waals surface area contributed by atoms with Gasteiger partial charge in [0.05, 0.1) is 0 Å². The summed E-state index contributed by atoms with van der Waals surface area (Å²) >= 11 is 0. The minimum absolute atomic E-state index is 0.271. The van der Waals surface area contributed by atoms with Crippen molar-refractivity contribution >= 4 is 11.7 Å². The van der Waals surface area contributed by atoms with Gasteiger partial charge in [-0.15, -0.1) is 0 Å². The van der Waals surface area contributed by atoms with E-state index in [1.807, 2.05) is 0 Å². The molecule has 98 valence electrons. The van der Waals surface area contributed by atoms with Crippen LogP contribution in [0.3, 0.4) is 0 Å². The van der Waals surface area contributed by atoms with Crippen molar-refractivity contribution in [2.75, 3.05) is 11.4 Å². The number of carboxylic acid groups (broad SMARTS) is 1. The highest BCUT2D eigenvalue weighted by Gasteiger charge is 2.23. The highest BCUT2D eigenvalue weighted by atomic mass is 16.4. The molecule has 1 N–H and O–H groups in total. The van der Waals surface area contributed by atoms with Crippen molar-refractivity contribution in [2.45, 2.75) is 45.1 Å². The third-order valence-electron chi connectivity index (χ3n) is 3.74. The molecule has 0 saturated carbocycles. The molecule has 0 aromatic heterocycles. The fraction of sp³-hybridized carbons (Fsp3) is 0.533. The smallest absolute Gasteiger partial charge is 0.303 e. The van der Waals surface area contributed by atoms with E-state index in [9.17, 15) is 4.79 Å². The van der Waals surface area contributed by atoms with Crippen LogP contribution < -0.4 is 4.90 Å². The molecule has 1 atom stereocenters. The van der Waals surface area contributed by atoms with Crippen molar-refractivity contribution in [3.05, 3.63) is 29.8 Å². The molecule has 1 fully saturated rings. The number of hydrogen-bond donors (Lipinski definition) is 1. The van der Waals surface area contributed by atoms with Crippen molar-refractivity contribution in [1.82, 2.24) is 0 Å². The molecule has 0 radical (unpaired) electrons. The average molecular weight is 247 g/mol. The maximum Gasteiger partial charge on any atom is 0.303 e. The molecule has 18 heavy (non-hydrogen) atoms. The van der Waals surface area contributed by atoms with Crippen LogP contribution in [0.2, 0.25) is 0 Å². The van der Waals surface area contributed by atoms with E-state index in [0.29, 0.717) is 6.04 Å². The predicted octanol–water partition coefficient (Wildman–Crippen LogP) is 3.22. The quantitative estimate of drug-likeness (QED) is 0.888. The SMILES string of the molecule is Cc1ccccc1N1CCCCC1CCC(=O)O. The molecule has 1 aliphatic heterocycles. The van der Waals surface area contributed by atoms with Crippen LogP contribution in [0.5, 0.6) is 0 Å². The fourth-order valence-corrected chi connectivity index (χ4v) is 2.79. The molecule has 1 aliphatic rings. The Hall–Kier alpha value is -1.51. The lowest BCUT2D eigenvalue weighted by molar-refractivity contribution is -0.137. The second-order valence-electron chi connectivity index (χ2n) is 5.06. The number of nitrogens with zero attached hydrogens (tertiary/aromatic N) is 1. The summed E-state index contributed by atoms with van der Waals surface area (Å²) in [7, 11) is 0. The summed E-state index contributed by atoms with van der Waals surface area (Å²) < 4.78 is 0. The van der Waals surface area contributed by atoms with E-state index < -0.39 is 5.97 Å². The van der Waals surface area contributed by atoms with Crippen LogP contribution in [0.4, 0.5) is 5.69 Å². The van der Waals surface area contributed by atoms with Gasteiger partial charge < -0.3 is 10.0 Å². The highest BCUT2D eigenvalue weighted by Crippen LogP contribution is 2.29. The number of anilines is 1. The van der Waals surface area contributed by atoms with E-state index in [-0.39, 0.29) is 6.42 Å². The molecule has 1 aromatic carbocycles. The van der Waals surface area contributed by atoms with Gasteiger partial charge in [0.2, 0.25) is 0 Å². The molecule has 0 bridgehead atoms. The molecule has 1 saturated heterocycles. The third-order valence-corrected chi connectivity index (χ3v) is 3.74. The Kier molecular flexibility index (Phi) is 4.24. The zero-order chi connectivity index (χ0) is 13.0. The van der Waals surface area contributed by atoms with Crippen LogP contribution in [0.1, 0.15) is 37.7 Å². The number of carboxylic acids is 1. The molecular weight excluding hydrogens is 226 g/mol. The highest BCUT2D eigenvalue weighted by molar-refractivity contribution is 5.67. The van der Waals surface area contributed by atoms with E-state index >= 15 is 0 Å². The number of hydrogen-bond acceptors (Lipinski definition) is 2. The Bertz CT molecular complexity index is 417. The van der Waals surface area contributed by atoms with E-state index in [1.54, 1.807) is 0 Å². The van der Waals surface area contributed by atoms with Gasteiger partial charge in [0, 0.05) is 24.7 Å². The van der Waals surface area contributed by atoms with Gasteiger partial charge in [0.25, 0.3) is 0 Å². The number of piperidine rings is 1. The predicted molar refractivity (Wildman–Crippen MR) is 73.0 cm³/mol.